The molecule has 0 aromatic heterocycles. The molecular weight excluding hydrogens is 422 g/mol. The second-order valence-corrected chi connectivity index (χ2v) is 8.73. The zero-order valence-electron chi connectivity index (χ0n) is 15.6. The van der Waals surface area contributed by atoms with E-state index in [0.29, 0.717) is 16.1 Å². The molecule has 0 amide bonds. The lowest BCUT2D eigenvalue weighted by Gasteiger charge is -2.29. The summed E-state index contributed by atoms with van der Waals surface area (Å²) in [5.74, 6) is -0.531. The molecule has 0 saturated heterocycles. The normalized spacial score (nSPS) is 12.7. The number of nitriles is 1. The summed E-state index contributed by atoms with van der Waals surface area (Å²) in [6.45, 7) is 0.976. The van der Waals surface area contributed by atoms with Crippen LogP contribution < -0.4 is 0 Å². The third-order valence-electron chi connectivity index (χ3n) is 4.32. The lowest BCUT2D eigenvalue weighted by atomic mass is 10.1. The SMILES string of the molecule is CC(=O)C(CCC(F)F)N(Cc1ccc(C#N)cc1)S(=O)(=O)c1ccc(Cl)cc1. The van der Waals surface area contributed by atoms with Gasteiger partial charge in [-0.2, -0.15) is 9.57 Å². The van der Waals surface area contributed by atoms with Gasteiger partial charge >= 0.3 is 0 Å². The maximum absolute atomic E-state index is 13.3. The van der Waals surface area contributed by atoms with Crippen LogP contribution in [0.3, 0.4) is 0 Å². The molecule has 154 valence electrons. The van der Waals surface area contributed by atoms with E-state index in [1.807, 2.05) is 6.07 Å². The Hall–Kier alpha value is -2.34. The fourth-order valence-electron chi connectivity index (χ4n) is 2.80. The van der Waals surface area contributed by atoms with Crippen molar-refractivity contribution in [3.63, 3.8) is 0 Å². The topological polar surface area (TPSA) is 78.2 Å². The monoisotopic (exact) mass is 440 g/mol. The molecule has 0 N–H and O–H groups in total. The van der Waals surface area contributed by atoms with E-state index in [2.05, 4.69) is 0 Å². The molecule has 0 aliphatic carbocycles. The lowest BCUT2D eigenvalue weighted by Crippen LogP contribution is -2.44. The number of carbonyl (C=O) groups is 1. The summed E-state index contributed by atoms with van der Waals surface area (Å²) >= 11 is 5.82. The van der Waals surface area contributed by atoms with E-state index in [9.17, 15) is 22.0 Å². The molecule has 1 atom stereocenters. The molecule has 29 heavy (non-hydrogen) atoms. The third kappa shape index (κ3) is 6.07. The Kier molecular flexibility index (Phi) is 7.85. The van der Waals surface area contributed by atoms with Crippen molar-refractivity contribution >= 4 is 27.4 Å². The number of Topliss-reactive ketones (excluding diaryl/α,β-unsaturated/α-hetero) is 1. The molecule has 0 aliphatic heterocycles. The van der Waals surface area contributed by atoms with Gasteiger partial charge in [0, 0.05) is 18.0 Å². The number of nitrogens with zero attached hydrogens (tertiary/aromatic N) is 2. The van der Waals surface area contributed by atoms with Gasteiger partial charge < -0.3 is 0 Å². The second-order valence-electron chi connectivity index (χ2n) is 6.41. The van der Waals surface area contributed by atoms with Gasteiger partial charge in [-0.25, -0.2) is 17.2 Å². The summed E-state index contributed by atoms with van der Waals surface area (Å²) in [6, 6.07) is 12.3. The van der Waals surface area contributed by atoms with E-state index in [1.54, 1.807) is 12.1 Å². The molecule has 0 spiro atoms. The molecule has 2 rings (SSSR count). The summed E-state index contributed by atoms with van der Waals surface area (Å²) in [5.41, 5.74) is 0.909. The predicted molar refractivity (Wildman–Crippen MR) is 105 cm³/mol. The van der Waals surface area contributed by atoms with E-state index in [1.165, 1.54) is 43.3 Å². The highest BCUT2D eigenvalue weighted by Crippen LogP contribution is 2.26. The molecular formula is C20H19ClF2N2O3S. The first-order valence-electron chi connectivity index (χ1n) is 8.70. The number of hydrogen-bond donors (Lipinski definition) is 0. The maximum Gasteiger partial charge on any atom is 0.244 e. The van der Waals surface area contributed by atoms with Crippen molar-refractivity contribution in [1.82, 2.24) is 4.31 Å². The van der Waals surface area contributed by atoms with Gasteiger partial charge in [0.05, 0.1) is 22.6 Å². The second kappa shape index (κ2) is 9.92. The van der Waals surface area contributed by atoms with Gasteiger partial charge in [-0.05, 0) is 55.3 Å². The van der Waals surface area contributed by atoms with Crippen LogP contribution in [0.15, 0.2) is 53.4 Å². The van der Waals surface area contributed by atoms with Gasteiger partial charge in [-0.3, -0.25) is 4.79 Å². The molecule has 1 unspecified atom stereocenters. The van der Waals surface area contributed by atoms with Gasteiger partial charge in [0.15, 0.2) is 0 Å². The Bertz CT molecular complexity index is 988. The van der Waals surface area contributed by atoms with Crippen molar-refractivity contribution in [3.05, 3.63) is 64.7 Å². The van der Waals surface area contributed by atoms with Crippen LogP contribution in [0.2, 0.25) is 5.02 Å². The molecule has 0 fully saturated rings. The minimum absolute atomic E-state index is 0.0983. The van der Waals surface area contributed by atoms with Crippen LogP contribution in [0, 0.1) is 11.3 Å². The quantitative estimate of drug-likeness (QED) is 0.578. The first-order chi connectivity index (χ1) is 13.6. The Labute approximate surface area is 173 Å². The van der Waals surface area contributed by atoms with Crippen LogP contribution in [0.25, 0.3) is 0 Å². The fourth-order valence-corrected chi connectivity index (χ4v) is 4.59. The average molecular weight is 441 g/mol. The number of rotatable bonds is 9. The van der Waals surface area contributed by atoms with E-state index in [4.69, 9.17) is 16.9 Å². The molecule has 0 aliphatic rings. The Morgan fingerprint density at radius 2 is 1.69 bits per heavy atom. The molecule has 0 bridgehead atoms. The van der Waals surface area contributed by atoms with Crippen molar-refractivity contribution in [2.45, 2.75) is 43.7 Å². The molecule has 2 aromatic carbocycles. The lowest BCUT2D eigenvalue weighted by molar-refractivity contribution is -0.121. The zero-order chi connectivity index (χ0) is 21.6. The van der Waals surface area contributed by atoms with Crippen LogP contribution in [0.4, 0.5) is 8.78 Å². The summed E-state index contributed by atoms with van der Waals surface area (Å²) in [4.78, 5) is 12.1. The van der Waals surface area contributed by atoms with Crippen LogP contribution in [-0.4, -0.2) is 31.0 Å². The number of hydrogen-bond acceptors (Lipinski definition) is 4. The summed E-state index contributed by atoms with van der Waals surface area (Å²) in [7, 11) is -4.18. The fraction of sp³-hybridized carbons (Fsp3) is 0.300. The molecule has 0 radical (unpaired) electrons. The summed E-state index contributed by atoms with van der Waals surface area (Å²) < 4.78 is 53.0. The van der Waals surface area contributed by atoms with Crippen molar-refractivity contribution in [2.75, 3.05) is 0 Å². The van der Waals surface area contributed by atoms with E-state index >= 15 is 0 Å². The largest absolute Gasteiger partial charge is 0.298 e. The van der Waals surface area contributed by atoms with Gasteiger partial charge in [-0.15, -0.1) is 0 Å². The van der Waals surface area contributed by atoms with Crippen LogP contribution >= 0.6 is 11.6 Å². The van der Waals surface area contributed by atoms with Gasteiger partial charge in [-0.1, -0.05) is 23.7 Å². The highest BCUT2D eigenvalue weighted by Gasteiger charge is 2.34. The average Bonchev–Trinajstić information content (AvgIpc) is 2.67. The molecule has 9 heteroatoms. The number of benzene rings is 2. The summed E-state index contributed by atoms with van der Waals surface area (Å²) in [6.07, 6.45) is -3.58. The number of ketones is 1. The van der Waals surface area contributed by atoms with Crippen LogP contribution in [-0.2, 0) is 21.4 Å². The van der Waals surface area contributed by atoms with Crippen LogP contribution in [0.5, 0.6) is 0 Å². The predicted octanol–water partition coefficient (Wildman–Crippen LogP) is 4.41. The number of carbonyl (C=O) groups excluding carboxylic acids is 1. The van der Waals surface area contributed by atoms with Gasteiger partial charge in [0.1, 0.15) is 5.78 Å². The number of sulfonamides is 1. The minimum Gasteiger partial charge on any atom is -0.298 e. The molecule has 5 nitrogen and oxygen atoms in total. The Morgan fingerprint density at radius 1 is 1.10 bits per heavy atom. The standard InChI is InChI=1S/C20H19ClF2N2O3S/c1-14(26)19(10-11-20(22)23)25(13-16-4-2-15(12-24)3-5-16)29(27,28)18-8-6-17(21)7-9-18/h2-9,19-20H,10-11,13H2,1H3. The third-order valence-corrected chi connectivity index (χ3v) is 6.44. The maximum atomic E-state index is 13.3. The Morgan fingerprint density at radius 3 is 2.17 bits per heavy atom. The Balaban J connectivity index is 2.48. The minimum atomic E-state index is -4.18. The van der Waals surface area contributed by atoms with Crippen molar-refractivity contribution in [1.29, 1.82) is 5.26 Å². The number of halogens is 3. The van der Waals surface area contributed by atoms with Gasteiger partial charge in [0.2, 0.25) is 16.4 Å². The van der Waals surface area contributed by atoms with E-state index in [0.717, 1.165) is 4.31 Å². The molecule has 0 saturated carbocycles. The summed E-state index contributed by atoms with van der Waals surface area (Å²) in [5, 5.41) is 9.25. The van der Waals surface area contributed by atoms with Crippen LogP contribution in [0.1, 0.15) is 30.9 Å². The van der Waals surface area contributed by atoms with E-state index in [-0.39, 0.29) is 17.9 Å². The number of alkyl halides is 2. The molecule has 0 heterocycles. The van der Waals surface area contributed by atoms with E-state index < -0.39 is 34.7 Å². The van der Waals surface area contributed by atoms with Crippen molar-refractivity contribution < 1.29 is 22.0 Å². The highest BCUT2D eigenvalue weighted by atomic mass is 35.5. The van der Waals surface area contributed by atoms with Crippen molar-refractivity contribution in [2.24, 2.45) is 0 Å². The first kappa shape index (κ1) is 22.9. The smallest absolute Gasteiger partial charge is 0.244 e. The first-order valence-corrected chi connectivity index (χ1v) is 10.5. The zero-order valence-corrected chi connectivity index (χ0v) is 17.1. The molecule has 2 aromatic rings. The van der Waals surface area contributed by atoms with Crippen molar-refractivity contribution in [3.8, 4) is 6.07 Å². The highest BCUT2D eigenvalue weighted by molar-refractivity contribution is 7.89. The van der Waals surface area contributed by atoms with Gasteiger partial charge in [0.25, 0.3) is 0 Å².